The lowest BCUT2D eigenvalue weighted by Crippen LogP contribution is -2.49. The van der Waals surface area contributed by atoms with Gasteiger partial charge in [0.05, 0.1) is 12.1 Å². The van der Waals surface area contributed by atoms with Crippen LogP contribution in [-0.2, 0) is 13.1 Å². The summed E-state index contributed by atoms with van der Waals surface area (Å²) >= 11 is 1.86. The third-order valence-corrected chi connectivity index (χ3v) is 6.59. The lowest BCUT2D eigenvalue weighted by atomic mass is 10.0. The van der Waals surface area contributed by atoms with Crippen molar-refractivity contribution in [1.82, 2.24) is 19.4 Å². The van der Waals surface area contributed by atoms with Gasteiger partial charge in [0.1, 0.15) is 5.69 Å². The number of carbonyl (C=O) groups excluding carboxylic acids is 1. The molecule has 3 aromatic heterocycles. The van der Waals surface area contributed by atoms with Gasteiger partial charge in [0, 0.05) is 54.5 Å². The van der Waals surface area contributed by atoms with Gasteiger partial charge in [-0.05, 0) is 42.8 Å². The molecule has 1 saturated heterocycles. The summed E-state index contributed by atoms with van der Waals surface area (Å²) in [4.78, 5) is 24.7. The van der Waals surface area contributed by atoms with Gasteiger partial charge < -0.3 is 9.47 Å². The summed E-state index contributed by atoms with van der Waals surface area (Å²) in [5.74, 6) is 0.124. The molecule has 2 atom stereocenters. The molecule has 1 amide bonds. The maximum absolute atomic E-state index is 13.2. The molecule has 0 radical (unpaired) electrons. The van der Waals surface area contributed by atoms with Crippen molar-refractivity contribution in [3.63, 3.8) is 0 Å². The minimum atomic E-state index is 0.124. The Bertz CT molecular complexity index is 963. The third-order valence-electron chi connectivity index (χ3n) is 5.60. The molecular formula is C21H22N4OS. The average Bonchev–Trinajstić information content (AvgIpc) is 3.39. The Morgan fingerprint density at radius 3 is 2.78 bits per heavy atom. The summed E-state index contributed by atoms with van der Waals surface area (Å²) in [6.07, 6.45) is 5.69. The lowest BCUT2D eigenvalue weighted by Gasteiger charge is -2.38. The summed E-state index contributed by atoms with van der Waals surface area (Å²) in [5.41, 5.74) is 1.88. The molecule has 0 saturated carbocycles. The first-order valence-corrected chi connectivity index (χ1v) is 10.1. The monoisotopic (exact) mass is 378 g/mol. The van der Waals surface area contributed by atoms with Crippen LogP contribution >= 0.6 is 11.3 Å². The van der Waals surface area contributed by atoms with Crippen molar-refractivity contribution in [1.29, 1.82) is 0 Å². The molecule has 6 heteroatoms. The van der Waals surface area contributed by atoms with Crippen LogP contribution in [0.1, 0.15) is 31.8 Å². The van der Waals surface area contributed by atoms with Crippen molar-refractivity contribution >= 4 is 17.2 Å². The largest absolute Gasteiger partial charge is 0.337 e. The molecule has 0 unspecified atom stereocenters. The smallest absolute Gasteiger partial charge is 0.271 e. The zero-order valence-electron chi connectivity index (χ0n) is 15.3. The Morgan fingerprint density at radius 1 is 1.11 bits per heavy atom. The van der Waals surface area contributed by atoms with Gasteiger partial charge in [-0.3, -0.25) is 14.7 Å². The molecule has 27 heavy (non-hydrogen) atoms. The molecule has 0 aliphatic carbocycles. The molecule has 0 aromatic carbocycles. The van der Waals surface area contributed by atoms with Crippen LogP contribution in [0.25, 0.3) is 0 Å². The van der Waals surface area contributed by atoms with Crippen LogP contribution in [0.2, 0.25) is 0 Å². The zero-order chi connectivity index (χ0) is 18.4. The second-order valence-corrected chi connectivity index (χ2v) is 8.81. The maximum atomic E-state index is 13.2. The zero-order valence-corrected chi connectivity index (χ0v) is 16.1. The highest BCUT2D eigenvalue weighted by Crippen LogP contribution is 2.35. The second-order valence-electron chi connectivity index (χ2n) is 7.44. The standard InChI is InChI=1S/C21H22N4OS/c1-15-6-7-17(27-15)12-23-13-19-20(14-23)25(11-16-4-2-8-22-10-16)21(26)18-5-3-9-24(18)19/h2-10,19-20H,11-14H2,1H3/t19-,20-/m0/s1. The van der Waals surface area contributed by atoms with Gasteiger partial charge in [0.25, 0.3) is 5.91 Å². The Balaban J connectivity index is 1.43. The number of aromatic nitrogens is 2. The number of nitrogens with zero attached hydrogens (tertiary/aromatic N) is 4. The van der Waals surface area contributed by atoms with E-state index in [0.717, 1.165) is 30.9 Å². The minimum Gasteiger partial charge on any atom is -0.337 e. The number of hydrogen-bond donors (Lipinski definition) is 0. The van der Waals surface area contributed by atoms with Crippen LogP contribution in [0.5, 0.6) is 0 Å². The topological polar surface area (TPSA) is 41.4 Å². The molecule has 0 bridgehead atoms. The number of fused-ring (bicyclic) bond motifs is 3. The summed E-state index contributed by atoms with van der Waals surface area (Å²) in [6.45, 7) is 5.60. The van der Waals surface area contributed by atoms with Gasteiger partial charge in [-0.1, -0.05) is 6.07 Å². The third kappa shape index (κ3) is 2.99. The van der Waals surface area contributed by atoms with Crippen LogP contribution in [-0.4, -0.2) is 44.4 Å². The fourth-order valence-electron chi connectivity index (χ4n) is 4.39. The number of carbonyl (C=O) groups is 1. The number of hydrogen-bond acceptors (Lipinski definition) is 4. The SMILES string of the molecule is Cc1ccc(CN2C[C@H]3[C@H](C2)n2cccc2C(=O)N3Cc2cccnc2)s1. The Labute approximate surface area is 162 Å². The van der Waals surface area contributed by atoms with Crippen molar-refractivity contribution in [2.75, 3.05) is 13.1 Å². The first-order chi connectivity index (χ1) is 13.2. The normalized spacial score (nSPS) is 22.1. The number of aryl methyl sites for hydroxylation is 1. The predicted molar refractivity (Wildman–Crippen MR) is 106 cm³/mol. The van der Waals surface area contributed by atoms with E-state index >= 15 is 0 Å². The van der Waals surface area contributed by atoms with Gasteiger partial charge in [-0.2, -0.15) is 0 Å². The van der Waals surface area contributed by atoms with Crippen LogP contribution in [0, 0.1) is 6.92 Å². The number of amides is 1. The molecule has 5 rings (SSSR count). The highest BCUT2D eigenvalue weighted by atomic mass is 32.1. The molecule has 0 spiro atoms. The van der Waals surface area contributed by atoms with E-state index in [1.54, 1.807) is 6.20 Å². The van der Waals surface area contributed by atoms with Gasteiger partial charge in [0.2, 0.25) is 0 Å². The van der Waals surface area contributed by atoms with E-state index in [-0.39, 0.29) is 11.9 Å². The van der Waals surface area contributed by atoms with Crippen molar-refractivity contribution in [3.05, 3.63) is 76.0 Å². The molecule has 2 aliphatic rings. The van der Waals surface area contributed by atoms with Crippen molar-refractivity contribution in [3.8, 4) is 0 Å². The van der Waals surface area contributed by atoms with E-state index < -0.39 is 0 Å². The lowest BCUT2D eigenvalue weighted by molar-refractivity contribution is 0.0556. The fourth-order valence-corrected chi connectivity index (χ4v) is 5.32. The van der Waals surface area contributed by atoms with Gasteiger partial charge in [-0.15, -0.1) is 11.3 Å². The van der Waals surface area contributed by atoms with Gasteiger partial charge in [-0.25, -0.2) is 0 Å². The van der Waals surface area contributed by atoms with Crippen molar-refractivity contribution in [2.24, 2.45) is 0 Å². The maximum Gasteiger partial charge on any atom is 0.271 e. The van der Waals surface area contributed by atoms with E-state index in [0.29, 0.717) is 12.6 Å². The molecule has 2 aliphatic heterocycles. The van der Waals surface area contributed by atoms with Crippen LogP contribution in [0.4, 0.5) is 0 Å². The van der Waals surface area contributed by atoms with E-state index in [2.05, 4.69) is 44.6 Å². The molecule has 1 fully saturated rings. The van der Waals surface area contributed by atoms with Gasteiger partial charge in [0.15, 0.2) is 0 Å². The van der Waals surface area contributed by atoms with Crippen LogP contribution < -0.4 is 0 Å². The summed E-state index contributed by atoms with van der Waals surface area (Å²) in [6, 6.07) is 12.8. The quantitative estimate of drug-likeness (QED) is 0.699. The second kappa shape index (κ2) is 6.62. The molecule has 138 valence electrons. The fraction of sp³-hybridized carbons (Fsp3) is 0.333. The number of likely N-dealkylation sites (tertiary alicyclic amines) is 1. The highest BCUT2D eigenvalue weighted by molar-refractivity contribution is 7.11. The predicted octanol–water partition coefficient (Wildman–Crippen LogP) is 3.33. The Hall–Kier alpha value is -2.44. The van der Waals surface area contributed by atoms with Crippen molar-refractivity contribution in [2.45, 2.75) is 32.1 Å². The molecule has 5 heterocycles. The Kier molecular flexibility index (Phi) is 4.10. The van der Waals surface area contributed by atoms with E-state index in [9.17, 15) is 4.79 Å². The van der Waals surface area contributed by atoms with E-state index in [1.807, 2.05) is 41.8 Å². The highest BCUT2D eigenvalue weighted by Gasteiger charge is 2.44. The van der Waals surface area contributed by atoms with Crippen molar-refractivity contribution < 1.29 is 4.79 Å². The van der Waals surface area contributed by atoms with E-state index in [1.165, 1.54) is 9.75 Å². The number of pyridine rings is 1. The molecular weight excluding hydrogens is 356 g/mol. The average molecular weight is 379 g/mol. The molecule has 0 N–H and O–H groups in total. The molecule has 3 aromatic rings. The molecule has 5 nitrogen and oxygen atoms in total. The van der Waals surface area contributed by atoms with E-state index in [4.69, 9.17) is 0 Å². The number of thiophene rings is 1. The first-order valence-electron chi connectivity index (χ1n) is 9.33. The Morgan fingerprint density at radius 2 is 2.00 bits per heavy atom. The van der Waals surface area contributed by atoms with Crippen LogP contribution in [0.15, 0.2) is 55.0 Å². The number of rotatable bonds is 4. The minimum absolute atomic E-state index is 0.124. The summed E-state index contributed by atoms with van der Waals surface area (Å²) in [5, 5.41) is 0. The van der Waals surface area contributed by atoms with Crippen LogP contribution in [0.3, 0.4) is 0 Å². The van der Waals surface area contributed by atoms with Gasteiger partial charge >= 0.3 is 0 Å². The summed E-state index contributed by atoms with van der Waals surface area (Å²) in [7, 11) is 0. The first kappa shape index (κ1) is 16.7. The summed E-state index contributed by atoms with van der Waals surface area (Å²) < 4.78 is 2.19.